The Morgan fingerprint density at radius 2 is 2.14 bits per heavy atom. The largest absolute Gasteiger partial charge is 0.355 e. The monoisotopic (exact) mass is 219 g/mol. The molecule has 0 saturated carbocycles. The molecular formula is C9H17NO3S. The standard InChI is InChI=1S/C9H17NO3S/c1-3-5-6-10-9(11)8-14(12,13)7-4-2/h4H,2-3,5-8H2,1H3,(H,10,11). The Balaban J connectivity index is 3.87. The van der Waals surface area contributed by atoms with Crippen molar-refractivity contribution in [3.8, 4) is 0 Å². The molecule has 0 aliphatic rings. The van der Waals surface area contributed by atoms with Crippen LogP contribution < -0.4 is 5.32 Å². The van der Waals surface area contributed by atoms with Crippen molar-refractivity contribution >= 4 is 15.7 Å². The molecule has 0 aromatic rings. The number of amides is 1. The van der Waals surface area contributed by atoms with Gasteiger partial charge in [0.1, 0.15) is 5.75 Å². The predicted molar refractivity (Wildman–Crippen MR) is 56.8 cm³/mol. The van der Waals surface area contributed by atoms with Gasteiger partial charge in [0.25, 0.3) is 0 Å². The van der Waals surface area contributed by atoms with Gasteiger partial charge in [-0.15, -0.1) is 6.58 Å². The summed E-state index contributed by atoms with van der Waals surface area (Å²) in [5.41, 5.74) is 0. The van der Waals surface area contributed by atoms with Crippen LogP contribution in [0.15, 0.2) is 12.7 Å². The van der Waals surface area contributed by atoms with Crippen molar-refractivity contribution in [1.29, 1.82) is 0 Å². The third kappa shape index (κ3) is 6.65. The van der Waals surface area contributed by atoms with Crippen LogP contribution >= 0.6 is 0 Å². The lowest BCUT2D eigenvalue weighted by atomic mass is 10.3. The highest BCUT2D eigenvalue weighted by Crippen LogP contribution is 1.91. The first kappa shape index (κ1) is 13.2. The smallest absolute Gasteiger partial charge is 0.235 e. The van der Waals surface area contributed by atoms with Crippen molar-refractivity contribution in [2.45, 2.75) is 19.8 Å². The summed E-state index contributed by atoms with van der Waals surface area (Å²) in [5.74, 6) is -1.02. The Bertz CT molecular complexity index is 282. The highest BCUT2D eigenvalue weighted by molar-refractivity contribution is 7.92. The van der Waals surface area contributed by atoms with Gasteiger partial charge in [-0.25, -0.2) is 8.42 Å². The Morgan fingerprint density at radius 3 is 2.64 bits per heavy atom. The second-order valence-corrected chi connectivity index (χ2v) is 5.16. The Labute approximate surface area is 85.3 Å². The normalized spacial score (nSPS) is 10.9. The molecule has 0 unspecified atom stereocenters. The topological polar surface area (TPSA) is 63.2 Å². The van der Waals surface area contributed by atoms with Crippen LogP contribution in [0.2, 0.25) is 0 Å². The minimum atomic E-state index is -3.30. The van der Waals surface area contributed by atoms with E-state index in [2.05, 4.69) is 11.9 Å². The molecule has 0 aliphatic heterocycles. The second kappa shape index (κ2) is 6.59. The molecule has 0 aliphatic carbocycles. The fourth-order valence-corrected chi connectivity index (χ4v) is 1.87. The van der Waals surface area contributed by atoms with Crippen LogP contribution in [-0.2, 0) is 14.6 Å². The minimum Gasteiger partial charge on any atom is -0.355 e. The maximum atomic E-state index is 11.1. The van der Waals surface area contributed by atoms with Crippen molar-refractivity contribution in [2.24, 2.45) is 0 Å². The third-order valence-electron chi connectivity index (χ3n) is 1.58. The molecule has 0 bridgehead atoms. The van der Waals surface area contributed by atoms with Gasteiger partial charge in [0, 0.05) is 6.54 Å². The number of carbonyl (C=O) groups excluding carboxylic acids is 1. The SMILES string of the molecule is C=CCS(=O)(=O)CC(=O)NCCCC. The average Bonchev–Trinajstić information content (AvgIpc) is 2.03. The Morgan fingerprint density at radius 1 is 1.50 bits per heavy atom. The van der Waals surface area contributed by atoms with Crippen LogP contribution in [0.4, 0.5) is 0 Å². The number of hydrogen-bond donors (Lipinski definition) is 1. The van der Waals surface area contributed by atoms with E-state index in [-0.39, 0.29) is 5.75 Å². The van der Waals surface area contributed by atoms with Gasteiger partial charge >= 0.3 is 0 Å². The van der Waals surface area contributed by atoms with Crippen molar-refractivity contribution < 1.29 is 13.2 Å². The van der Waals surface area contributed by atoms with Crippen molar-refractivity contribution in [3.63, 3.8) is 0 Å². The van der Waals surface area contributed by atoms with Gasteiger partial charge < -0.3 is 5.32 Å². The maximum Gasteiger partial charge on any atom is 0.235 e. The molecule has 0 fully saturated rings. The molecule has 0 radical (unpaired) electrons. The van der Waals surface area contributed by atoms with E-state index < -0.39 is 21.5 Å². The number of hydrogen-bond acceptors (Lipinski definition) is 3. The summed E-state index contributed by atoms with van der Waals surface area (Å²) in [7, 11) is -3.30. The van der Waals surface area contributed by atoms with E-state index in [0.717, 1.165) is 12.8 Å². The molecule has 0 heterocycles. The van der Waals surface area contributed by atoms with E-state index >= 15 is 0 Å². The molecule has 0 aromatic heterocycles. The number of carbonyl (C=O) groups is 1. The lowest BCUT2D eigenvalue weighted by Gasteiger charge is -2.03. The zero-order valence-electron chi connectivity index (χ0n) is 8.45. The lowest BCUT2D eigenvalue weighted by molar-refractivity contribution is -0.118. The summed E-state index contributed by atoms with van der Waals surface area (Å²) >= 11 is 0. The van der Waals surface area contributed by atoms with E-state index in [4.69, 9.17) is 0 Å². The molecule has 0 saturated heterocycles. The zero-order chi connectivity index (χ0) is 11.0. The highest BCUT2D eigenvalue weighted by atomic mass is 32.2. The van der Waals surface area contributed by atoms with Crippen LogP contribution in [0.3, 0.4) is 0 Å². The van der Waals surface area contributed by atoms with Gasteiger partial charge in [-0.05, 0) is 6.42 Å². The van der Waals surface area contributed by atoms with E-state index in [1.54, 1.807) is 0 Å². The van der Waals surface area contributed by atoms with Crippen molar-refractivity contribution in [1.82, 2.24) is 5.32 Å². The van der Waals surface area contributed by atoms with Gasteiger partial charge in [0.15, 0.2) is 9.84 Å². The van der Waals surface area contributed by atoms with Crippen molar-refractivity contribution in [2.75, 3.05) is 18.1 Å². The van der Waals surface area contributed by atoms with E-state index in [9.17, 15) is 13.2 Å². The summed E-state index contributed by atoms with van der Waals surface area (Å²) < 4.78 is 22.3. The van der Waals surface area contributed by atoms with E-state index in [1.807, 2.05) is 6.92 Å². The van der Waals surface area contributed by atoms with E-state index in [0.29, 0.717) is 6.54 Å². The van der Waals surface area contributed by atoms with Gasteiger partial charge in [-0.2, -0.15) is 0 Å². The Hall–Kier alpha value is -0.840. The number of unbranched alkanes of at least 4 members (excludes halogenated alkanes) is 1. The number of sulfone groups is 1. The fourth-order valence-electron chi connectivity index (χ4n) is 0.894. The first-order valence-corrected chi connectivity index (χ1v) is 6.42. The molecule has 14 heavy (non-hydrogen) atoms. The number of nitrogens with one attached hydrogen (secondary N) is 1. The average molecular weight is 219 g/mol. The van der Waals surface area contributed by atoms with Gasteiger partial charge in [0.2, 0.25) is 5.91 Å². The van der Waals surface area contributed by atoms with E-state index in [1.165, 1.54) is 6.08 Å². The van der Waals surface area contributed by atoms with Crippen LogP contribution in [0.1, 0.15) is 19.8 Å². The number of rotatable bonds is 7. The molecule has 4 nitrogen and oxygen atoms in total. The second-order valence-electron chi connectivity index (χ2n) is 3.05. The molecule has 0 aromatic carbocycles. The molecule has 1 N–H and O–H groups in total. The molecule has 0 rings (SSSR count). The summed E-state index contributed by atoms with van der Waals surface area (Å²) in [6.45, 7) is 5.86. The van der Waals surface area contributed by atoms with Crippen molar-refractivity contribution in [3.05, 3.63) is 12.7 Å². The summed E-state index contributed by atoms with van der Waals surface area (Å²) in [6.07, 6.45) is 3.13. The fraction of sp³-hybridized carbons (Fsp3) is 0.667. The maximum absolute atomic E-state index is 11.1. The first-order chi connectivity index (χ1) is 6.52. The van der Waals surface area contributed by atoms with Gasteiger partial charge in [-0.1, -0.05) is 19.4 Å². The molecular weight excluding hydrogens is 202 g/mol. The van der Waals surface area contributed by atoms with Crippen LogP contribution in [-0.4, -0.2) is 32.4 Å². The van der Waals surface area contributed by atoms with Crippen LogP contribution in [0.5, 0.6) is 0 Å². The quantitative estimate of drug-likeness (QED) is 0.501. The molecule has 5 heteroatoms. The minimum absolute atomic E-state index is 0.145. The molecule has 0 spiro atoms. The lowest BCUT2D eigenvalue weighted by Crippen LogP contribution is -2.31. The third-order valence-corrected chi connectivity index (χ3v) is 3.02. The van der Waals surface area contributed by atoms with Crippen LogP contribution in [0.25, 0.3) is 0 Å². The summed E-state index contributed by atoms with van der Waals surface area (Å²) in [4.78, 5) is 11.1. The summed E-state index contributed by atoms with van der Waals surface area (Å²) in [5, 5.41) is 2.55. The Kier molecular flexibility index (Phi) is 6.19. The van der Waals surface area contributed by atoms with Gasteiger partial charge in [-0.3, -0.25) is 4.79 Å². The predicted octanol–water partition coefficient (Wildman–Crippen LogP) is 0.503. The molecule has 0 atom stereocenters. The summed E-state index contributed by atoms with van der Waals surface area (Å²) in [6, 6.07) is 0. The highest BCUT2D eigenvalue weighted by Gasteiger charge is 2.13. The first-order valence-electron chi connectivity index (χ1n) is 4.60. The zero-order valence-corrected chi connectivity index (χ0v) is 9.27. The van der Waals surface area contributed by atoms with Crippen LogP contribution in [0, 0.1) is 0 Å². The molecule has 82 valence electrons. The molecule has 1 amide bonds. The van der Waals surface area contributed by atoms with Gasteiger partial charge in [0.05, 0.1) is 5.75 Å².